The van der Waals surface area contributed by atoms with Gasteiger partial charge in [0, 0.05) is 0 Å². The second-order valence-electron chi connectivity index (χ2n) is 3.24. The molecule has 0 fully saturated rings. The third kappa shape index (κ3) is 2.65. The van der Waals surface area contributed by atoms with Crippen LogP contribution in [0.15, 0.2) is 12.1 Å². The lowest BCUT2D eigenvalue weighted by molar-refractivity contribution is 0.0695. The van der Waals surface area contributed by atoms with Gasteiger partial charge in [-0.3, -0.25) is 0 Å². The van der Waals surface area contributed by atoms with Crippen molar-refractivity contribution in [1.29, 1.82) is 0 Å². The van der Waals surface area contributed by atoms with Crippen LogP contribution < -0.4 is 4.74 Å². The third-order valence-electron chi connectivity index (χ3n) is 1.60. The monoisotopic (exact) mass is 216 g/mol. The molecule has 1 aromatic rings. The Bertz CT molecular complexity index is 365. The van der Waals surface area contributed by atoms with E-state index in [0.717, 1.165) is 12.1 Å². The van der Waals surface area contributed by atoms with Gasteiger partial charge in [0.2, 0.25) is 0 Å². The van der Waals surface area contributed by atoms with Gasteiger partial charge in [-0.05, 0) is 26.0 Å². The number of hydrogen-bond donors (Lipinski definition) is 1. The summed E-state index contributed by atoms with van der Waals surface area (Å²) in [6, 6.07) is 1.45. The van der Waals surface area contributed by atoms with Gasteiger partial charge in [0.15, 0.2) is 17.4 Å². The highest BCUT2D eigenvalue weighted by atomic mass is 19.1. The van der Waals surface area contributed by atoms with Crippen molar-refractivity contribution in [2.75, 3.05) is 0 Å². The molecular formula is C10H10F2O3. The van der Waals surface area contributed by atoms with Crippen LogP contribution in [0.2, 0.25) is 0 Å². The van der Waals surface area contributed by atoms with Crippen molar-refractivity contribution in [2.24, 2.45) is 0 Å². The molecule has 0 atom stereocenters. The first-order valence-electron chi connectivity index (χ1n) is 4.30. The molecule has 0 aliphatic rings. The van der Waals surface area contributed by atoms with Gasteiger partial charge >= 0.3 is 5.97 Å². The molecule has 0 unspecified atom stereocenters. The summed E-state index contributed by atoms with van der Waals surface area (Å²) in [4.78, 5) is 10.5. The van der Waals surface area contributed by atoms with Crippen LogP contribution in [0.4, 0.5) is 8.78 Å². The molecule has 0 spiro atoms. The van der Waals surface area contributed by atoms with Gasteiger partial charge in [0.1, 0.15) is 0 Å². The lowest BCUT2D eigenvalue weighted by atomic mass is 10.2. The lowest BCUT2D eigenvalue weighted by Gasteiger charge is -2.11. The predicted molar refractivity (Wildman–Crippen MR) is 49.1 cm³/mol. The highest BCUT2D eigenvalue weighted by molar-refractivity contribution is 5.87. The standard InChI is InChI=1S/C10H10F2O3/c1-5(2)15-9-7(11)3-6(10(13)14)4-8(9)12/h3-5H,1-2H3,(H,13,14). The van der Waals surface area contributed by atoms with E-state index < -0.39 is 28.9 Å². The zero-order valence-corrected chi connectivity index (χ0v) is 8.25. The van der Waals surface area contributed by atoms with Crippen molar-refractivity contribution < 1.29 is 23.4 Å². The van der Waals surface area contributed by atoms with Crippen LogP contribution in [-0.4, -0.2) is 17.2 Å². The van der Waals surface area contributed by atoms with Crippen LogP contribution in [0.25, 0.3) is 0 Å². The fourth-order valence-corrected chi connectivity index (χ4v) is 1.03. The van der Waals surface area contributed by atoms with Crippen LogP contribution in [0.3, 0.4) is 0 Å². The Morgan fingerprint density at radius 3 is 2.13 bits per heavy atom. The van der Waals surface area contributed by atoms with Crippen molar-refractivity contribution in [1.82, 2.24) is 0 Å². The smallest absolute Gasteiger partial charge is 0.335 e. The van der Waals surface area contributed by atoms with Gasteiger partial charge in [0.05, 0.1) is 11.7 Å². The Morgan fingerprint density at radius 2 is 1.80 bits per heavy atom. The van der Waals surface area contributed by atoms with Crippen molar-refractivity contribution in [3.8, 4) is 5.75 Å². The van der Waals surface area contributed by atoms with Crippen LogP contribution in [-0.2, 0) is 0 Å². The number of ether oxygens (including phenoxy) is 1. The van der Waals surface area contributed by atoms with E-state index >= 15 is 0 Å². The average molecular weight is 216 g/mol. The summed E-state index contributed by atoms with van der Waals surface area (Å²) >= 11 is 0. The second kappa shape index (κ2) is 4.25. The Balaban J connectivity index is 3.15. The van der Waals surface area contributed by atoms with E-state index in [1.807, 2.05) is 0 Å². The van der Waals surface area contributed by atoms with Crippen molar-refractivity contribution in [2.45, 2.75) is 20.0 Å². The maximum absolute atomic E-state index is 13.2. The summed E-state index contributed by atoms with van der Waals surface area (Å²) in [5.74, 6) is -3.96. The lowest BCUT2D eigenvalue weighted by Crippen LogP contribution is -2.10. The molecule has 5 heteroatoms. The molecule has 15 heavy (non-hydrogen) atoms. The minimum absolute atomic E-state index is 0.385. The molecule has 0 saturated carbocycles. The highest BCUT2D eigenvalue weighted by Crippen LogP contribution is 2.24. The molecule has 0 saturated heterocycles. The Morgan fingerprint density at radius 1 is 1.33 bits per heavy atom. The molecule has 0 aromatic heterocycles. The number of hydrogen-bond acceptors (Lipinski definition) is 2. The first-order chi connectivity index (χ1) is 6.91. The molecule has 0 aliphatic carbocycles. The molecule has 0 radical (unpaired) electrons. The van der Waals surface area contributed by atoms with Crippen molar-refractivity contribution in [3.63, 3.8) is 0 Å². The van der Waals surface area contributed by atoms with Crippen LogP contribution in [0.5, 0.6) is 5.75 Å². The van der Waals surface area contributed by atoms with Gasteiger partial charge in [-0.2, -0.15) is 0 Å². The number of halogens is 2. The maximum atomic E-state index is 13.2. The van der Waals surface area contributed by atoms with E-state index in [2.05, 4.69) is 0 Å². The minimum atomic E-state index is -1.39. The average Bonchev–Trinajstić information content (AvgIpc) is 2.10. The minimum Gasteiger partial charge on any atom is -0.485 e. The summed E-state index contributed by atoms with van der Waals surface area (Å²) in [6.45, 7) is 3.23. The van der Waals surface area contributed by atoms with E-state index in [-0.39, 0.29) is 6.10 Å². The van der Waals surface area contributed by atoms with Gasteiger partial charge in [0.25, 0.3) is 0 Å². The Hall–Kier alpha value is -1.65. The molecule has 0 heterocycles. The molecule has 3 nitrogen and oxygen atoms in total. The van der Waals surface area contributed by atoms with Gasteiger partial charge in [-0.25, -0.2) is 13.6 Å². The van der Waals surface area contributed by atoms with Gasteiger partial charge < -0.3 is 9.84 Å². The highest BCUT2D eigenvalue weighted by Gasteiger charge is 2.16. The summed E-state index contributed by atoms with van der Waals surface area (Å²) in [5.41, 5.74) is -0.443. The summed E-state index contributed by atoms with van der Waals surface area (Å²) < 4.78 is 31.3. The van der Waals surface area contributed by atoms with E-state index in [1.165, 1.54) is 0 Å². The summed E-state index contributed by atoms with van der Waals surface area (Å²) in [7, 11) is 0. The van der Waals surface area contributed by atoms with Gasteiger partial charge in [-0.1, -0.05) is 0 Å². The molecule has 0 amide bonds. The molecule has 82 valence electrons. The number of carbonyl (C=O) groups is 1. The van der Waals surface area contributed by atoms with E-state index in [1.54, 1.807) is 13.8 Å². The normalized spacial score (nSPS) is 10.5. The van der Waals surface area contributed by atoms with Crippen molar-refractivity contribution in [3.05, 3.63) is 29.3 Å². The first-order valence-corrected chi connectivity index (χ1v) is 4.30. The SMILES string of the molecule is CC(C)Oc1c(F)cc(C(=O)O)cc1F. The zero-order valence-electron chi connectivity index (χ0n) is 8.25. The van der Waals surface area contributed by atoms with Crippen LogP contribution >= 0.6 is 0 Å². The number of rotatable bonds is 3. The molecular weight excluding hydrogens is 206 g/mol. The quantitative estimate of drug-likeness (QED) is 0.844. The van der Waals surface area contributed by atoms with E-state index in [0.29, 0.717) is 0 Å². The third-order valence-corrected chi connectivity index (χ3v) is 1.60. The Labute approximate surface area is 85.3 Å². The fourth-order valence-electron chi connectivity index (χ4n) is 1.03. The second-order valence-corrected chi connectivity index (χ2v) is 3.24. The van der Waals surface area contributed by atoms with E-state index in [9.17, 15) is 13.6 Å². The van der Waals surface area contributed by atoms with Crippen molar-refractivity contribution >= 4 is 5.97 Å². The zero-order chi connectivity index (χ0) is 11.6. The first kappa shape index (κ1) is 11.4. The molecule has 1 aromatic carbocycles. The van der Waals surface area contributed by atoms with E-state index in [4.69, 9.17) is 9.84 Å². The van der Waals surface area contributed by atoms with Crippen LogP contribution in [0.1, 0.15) is 24.2 Å². The molecule has 1 N–H and O–H groups in total. The van der Waals surface area contributed by atoms with Crippen LogP contribution in [0, 0.1) is 11.6 Å². The van der Waals surface area contributed by atoms with Gasteiger partial charge in [-0.15, -0.1) is 0 Å². The summed E-state index contributed by atoms with van der Waals surface area (Å²) in [6.07, 6.45) is -0.385. The number of benzene rings is 1. The number of carboxylic acids is 1. The Kier molecular flexibility index (Phi) is 3.24. The number of aromatic carboxylic acids is 1. The predicted octanol–water partition coefficient (Wildman–Crippen LogP) is 2.45. The fraction of sp³-hybridized carbons (Fsp3) is 0.300. The molecule has 1 rings (SSSR count). The largest absolute Gasteiger partial charge is 0.485 e. The maximum Gasteiger partial charge on any atom is 0.335 e. The topological polar surface area (TPSA) is 46.5 Å². The summed E-state index contributed by atoms with van der Waals surface area (Å²) in [5, 5.41) is 8.53. The number of carboxylic acid groups (broad SMARTS) is 1. The molecule has 0 bridgehead atoms. The molecule has 0 aliphatic heterocycles.